The van der Waals surface area contributed by atoms with Crippen molar-refractivity contribution in [1.82, 2.24) is 9.97 Å². The van der Waals surface area contributed by atoms with Gasteiger partial charge in [0, 0.05) is 16.5 Å². The lowest BCUT2D eigenvalue weighted by atomic mass is 9.81. The largest absolute Gasteiger partial charge is 0.236 e. The fourth-order valence-electron chi connectivity index (χ4n) is 8.49. The van der Waals surface area contributed by atoms with Crippen molar-refractivity contribution in [3.63, 3.8) is 0 Å². The quantitative estimate of drug-likeness (QED) is 0.168. The van der Waals surface area contributed by atoms with Crippen LogP contribution in [0.3, 0.4) is 0 Å². The maximum absolute atomic E-state index is 4.92. The molecule has 0 aliphatic heterocycles. The Morgan fingerprint density at radius 1 is 0.333 bits per heavy atom. The zero-order valence-electron chi connectivity index (χ0n) is 31.5. The number of para-hydroxylation sites is 2. The molecule has 0 bridgehead atoms. The van der Waals surface area contributed by atoms with Gasteiger partial charge in [-0.15, -0.1) is 22.7 Å². The van der Waals surface area contributed by atoms with Gasteiger partial charge < -0.3 is 0 Å². The molecule has 0 atom stereocenters. The van der Waals surface area contributed by atoms with E-state index in [9.17, 15) is 0 Å². The first-order chi connectivity index (χ1) is 27.9. The van der Waals surface area contributed by atoms with Gasteiger partial charge in [0.1, 0.15) is 10.0 Å². The Balaban J connectivity index is 0.989. The highest BCUT2D eigenvalue weighted by molar-refractivity contribution is 7.22. The molecule has 2 nitrogen and oxygen atoms in total. The van der Waals surface area contributed by atoms with Crippen molar-refractivity contribution in [2.24, 2.45) is 0 Å². The van der Waals surface area contributed by atoms with Crippen molar-refractivity contribution < 1.29 is 0 Å². The first kappa shape index (κ1) is 33.8. The first-order valence-corrected chi connectivity index (χ1v) is 21.0. The van der Waals surface area contributed by atoms with Crippen molar-refractivity contribution >= 4 is 43.1 Å². The molecule has 1 aliphatic carbocycles. The summed E-state index contributed by atoms with van der Waals surface area (Å²) in [5, 5.41) is 2.09. The summed E-state index contributed by atoms with van der Waals surface area (Å²) in [6, 6.07) is 66.4. The molecule has 8 aromatic carbocycles. The molecular formula is C53H36N2S2. The smallest absolute Gasteiger partial charge is 0.124 e. The van der Waals surface area contributed by atoms with E-state index in [0.717, 1.165) is 32.2 Å². The number of thiazole rings is 2. The van der Waals surface area contributed by atoms with Gasteiger partial charge in [0.2, 0.25) is 0 Å². The van der Waals surface area contributed by atoms with Gasteiger partial charge in [-0.05, 0) is 121 Å². The molecule has 0 saturated carbocycles. The second-order valence-electron chi connectivity index (χ2n) is 15.4. The maximum atomic E-state index is 4.92. The molecule has 2 aromatic heterocycles. The number of nitrogens with zero attached hydrogens (tertiary/aromatic N) is 2. The van der Waals surface area contributed by atoms with Gasteiger partial charge >= 0.3 is 0 Å². The molecule has 2 heterocycles. The van der Waals surface area contributed by atoms with E-state index >= 15 is 0 Å². The van der Waals surface area contributed by atoms with Gasteiger partial charge in [-0.25, -0.2) is 9.97 Å². The fraction of sp³-hybridized carbons (Fsp3) is 0.0566. The molecule has 0 radical (unpaired) electrons. The summed E-state index contributed by atoms with van der Waals surface area (Å²) in [6.07, 6.45) is 0. The molecule has 0 fully saturated rings. The second kappa shape index (κ2) is 13.3. The number of benzene rings is 8. The van der Waals surface area contributed by atoms with Gasteiger partial charge in [0.05, 0.1) is 20.4 Å². The zero-order valence-corrected chi connectivity index (χ0v) is 33.2. The van der Waals surface area contributed by atoms with Crippen LogP contribution < -0.4 is 0 Å². The lowest BCUT2D eigenvalue weighted by molar-refractivity contribution is 0.660. The summed E-state index contributed by atoms with van der Waals surface area (Å²) in [4.78, 5) is 9.84. The summed E-state index contributed by atoms with van der Waals surface area (Å²) in [6.45, 7) is 4.70. The van der Waals surface area contributed by atoms with Crippen LogP contribution in [-0.2, 0) is 5.41 Å². The molecule has 1 aliphatic rings. The topological polar surface area (TPSA) is 25.8 Å². The normalized spacial score (nSPS) is 12.9. The summed E-state index contributed by atoms with van der Waals surface area (Å²) >= 11 is 3.48. The van der Waals surface area contributed by atoms with Crippen LogP contribution in [0.15, 0.2) is 182 Å². The van der Waals surface area contributed by atoms with Crippen molar-refractivity contribution in [2.45, 2.75) is 19.3 Å². The van der Waals surface area contributed by atoms with E-state index in [0.29, 0.717) is 0 Å². The standard InChI is InChI=1S/C53H36N2S2/c1-53(2)45-13-4-3-12-43(45)44-27-26-39(32-46(44)53)37-10-9-11-38(28-37)42-30-40(33-18-22-35(23-19-33)51-54-47-14-5-7-16-49(47)56-51)29-41(31-42)34-20-24-36(25-21-34)52-55-48-15-6-8-17-50(48)57-52/h3-32H,1-2H3. The third-order valence-electron chi connectivity index (χ3n) is 11.6. The van der Waals surface area contributed by atoms with Crippen LogP contribution in [-0.4, -0.2) is 9.97 Å². The Bertz CT molecular complexity index is 2950. The lowest BCUT2D eigenvalue weighted by Crippen LogP contribution is -2.14. The molecule has 0 unspecified atom stereocenters. The molecule has 0 amide bonds. The molecular weight excluding hydrogens is 729 g/mol. The zero-order chi connectivity index (χ0) is 38.1. The summed E-state index contributed by atoms with van der Waals surface area (Å²) < 4.78 is 2.41. The van der Waals surface area contributed by atoms with Crippen molar-refractivity contribution in [1.29, 1.82) is 0 Å². The molecule has 0 spiro atoms. The monoisotopic (exact) mass is 764 g/mol. The molecule has 270 valence electrons. The van der Waals surface area contributed by atoms with Gasteiger partial charge in [-0.2, -0.15) is 0 Å². The van der Waals surface area contributed by atoms with Crippen LogP contribution in [0.5, 0.6) is 0 Å². The first-order valence-electron chi connectivity index (χ1n) is 19.4. The van der Waals surface area contributed by atoms with E-state index in [2.05, 4.69) is 196 Å². The van der Waals surface area contributed by atoms with Gasteiger partial charge in [0.15, 0.2) is 0 Å². The van der Waals surface area contributed by atoms with Crippen molar-refractivity contribution in [3.05, 3.63) is 193 Å². The number of rotatable bonds is 6. The average molecular weight is 765 g/mol. The summed E-state index contributed by atoms with van der Waals surface area (Å²) in [5.74, 6) is 0. The predicted octanol–water partition coefficient (Wildman–Crippen LogP) is 15.2. The van der Waals surface area contributed by atoms with E-state index in [4.69, 9.17) is 9.97 Å². The predicted molar refractivity (Wildman–Crippen MR) is 243 cm³/mol. The van der Waals surface area contributed by atoms with Crippen LogP contribution in [0.25, 0.3) is 97.2 Å². The van der Waals surface area contributed by atoms with Crippen LogP contribution >= 0.6 is 22.7 Å². The second-order valence-corrected chi connectivity index (χ2v) is 17.5. The number of aromatic nitrogens is 2. The Morgan fingerprint density at radius 2 is 0.754 bits per heavy atom. The van der Waals surface area contributed by atoms with E-state index in [-0.39, 0.29) is 5.41 Å². The summed E-state index contributed by atoms with van der Waals surface area (Å²) in [5.41, 5.74) is 19.3. The number of fused-ring (bicyclic) bond motifs is 5. The molecule has 4 heteroatoms. The van der Waals surface area contributed by atoms with E-state index in [1.54, 1.807) is 22.7 Å². The minimum atomic E-state index is -0.0477. The van der Waals surface area contributed by atoms with Crippen molar-refractivity contribution in [3.8, 4) is 76.8 Å². The van der Waals surface area contributed by atoms with Crippen LogP contribution in [0.2, 0.25) is 0 Å². The SMILES string of the molecule is CC1(C)c2ccccc2-c2ccc(-c3cccc(-c4cc(-c5ccc(-c6nc7ccccc7s6)cc5)cc(-c5ccc(-c6nc7ccccc7s6)cc5)c4)c3)cc21. The average Bonchev–Trinajstić information content (AvgIpc) is 3.97. The molecule has 11 rings (SSSR count). The number of hydrogen-bond acceptors (Lipinski definition) is 4. The molecule has 10 aromatic rings. The van der Waals surface area contributed by atoms with Gasteiger partial charge in [-0.1, -0.05) is 141 Å². The molecule has 57 heavy (non-hydrogen) atoms. The Kier molecular flexibility index (Phi) is 7.92. The van der Waals surface area contributed by atoms with Crippen LogP contribution in [0, 0.1) is 0 Å². The minimum absolute atomic E-state index is 0.0477. The summed E-state index contributed by atoms with van der Waals surface area (Å²) in [7, 11) is 0. The van der Waals surface area contributed by atoms with Gasteiger partial charge in [0.25, 0.3) is 0 Å². The highest BCUT2D eigenvalue weighted by Crippen LogP contribution is 2.49. The highest BCUT2D eigenvalue weighted by atomic mass is 32.1. The van der Waals surface area contributed by atoms with E-state index in [1.807, 2.05) is 0 Å². The molecule has 0 saturated heterocycles. The van der Waals surface area contributed by atoms with E-state index in [1.165, 1.54) is 76.2 Å². The van der Waals surface area contributed by atoms with Crippen molar-refractivity contribution in [2.75, 3.05) is 0 Å². The maximum Gasteiger partial charge on any atom is 0.124 e. The fourth-order valence-corrected chi connectivity index (χ4v) is 10.4. The Labute approximate surface area is 340 Å². The minimum Gasteiger partial charge on any atom is -0.236 e. The lowest BCUT2D eigenvalue weighted by Gasteiger charge is -2.22. The van der Waals surface area contributed by atoms with Crippen LogP contribution in [0.4, 0.5) is 0 Å². The van der Waals surface area contributed by atoms with E-state index < -0.39 is 0 Å². The third kappa shape index (κ3) is 5.92. The van der Waals surface area contributed by atoms with Gasteiger partial charge in [-0.3, -0.25) is 0 Å². The highest BCUT2D eigenvalue weighted by Gasteiger charge is 2.35. The Hall–Kier alpha value is -6.46. The third-order valence-corrected chi connectivity index (χ3v) is 13.7. The molecule has 0 N–H and O–H groups in total. The van der Waals surface area contributed by atoms with Crippen LogP contribution in [0.1, 0.15) is 25.0 Å². The number of hydrogen-bond donors (Lipinski definition) is 0. The Morgan fingerprint density at radius 3 is 1.33 bits per heavy atom.